The summed E-state index contributed by atoms with van der Waals surface area (Å²) in [6.07, 6.45) is 9.23. The van der Waals surface area contributed by atoms with E-state index in [0.29, 0.717) is 12.8 Å². The van der Waals surface area contributed by atoms with Gasteiger partial charge in [-0.05, 0) is 43.0 Å². The van der Waals surface area contributed by atoms with Crippen LogP contribution in [0.4, 0.5) is 0 Å². The van der Waals surface area contributed by atoms with Gasteiger partial charge in [0.25, 0.3) is 0 Å². The van der Waals surface area contributed by atoms with Gasteiger partial charge in [-0.15, -0.1) is 0 Å². The summed E-state index contributed by atoms with van der Waals surface area (Å²) in [6.45, 7) is 0. The fourth-order valence-corrected chi connectivity index (χ4v) is 1.85. The second-order valence-corrected chi connectivity index (χ2v) is 4.35. The first-order chi connectivity index (χ1) is 8.74. The maximum Gasteiger partial charge on any atom is 0.224 e. The van der Waals surface area contributed by atoms with Gasteiger partial charge in [-0.2, -0.15) is 0 Å². The van der Waals surface area contributed by atoms with Crippen molar-refractivity contribution in [3.05, 3.63) is 53.8 Å². The van der Waals surface area contributed by atoms with Crippen molar-refractivity contribution in [2.45, 2.75) is 25.7 Å². The summed E-state index contributed by atoms with van der Waals surface area (Å²) < 4.78 is 0. The fraction of sp³-hybridized carbons (Fsp3) is 0.267. The lowest BCUT2D eigenvalue weighted by atomic mass is 10.1. The van der Waals surface area contributed by atoms with E-state index in [1.807, 2.05) is 24.3 Å². The number of aryl methyl sites for hydroxylation is 1. The second-order valence-electron chi connectivity index (χ2n) is 4.35. The average Bonchev–Trinajstić information content (AvgIpc) is 2.39. The zero-order valence-corrected chi connectivity index (χ0v) is 10.2. The van der Waals surface area contributed by atoms with Crippen molar-refractivity contribution in [2.24, 2.45) is 0 Å². The topological polar surface area (TPSA) is 49.3 Å². The maximum absolute atomic E-state index is 11.7. The minimum Gasteiger partial charge on any atom is -0.508 e. The van der Waals surface area contributed by atoms with Gasteiger partial charge in [0.15, 0.2) is 0 Å². The molecule has 3 heteroatoms. The Hall–Kier alpha value is -2.03. The van der Waals surface area contributed by atoms with Gasteiger partial charge >= 0.3 is 0 Å². The van der Waals surface area contributed by atoms with Gasteiger partial charge in [-0.25, -0.2) is 0 Å². The number of phenols is 1. The lowest BCUT2D eigenvalue weighted by Crippen LogP contribution is -2.22. The van der Waals surface area contributed by atoms with Crippen LogP contribution in [0.3, 0.4) is 0 Å². The van der Waals surface area contributed by atoms with Crippen LogP contribution in [-0.2, 0) is 11.2 Å². The average molecular weight is 243 g/mol. The molecule has 0 fully saturated rings. The van der Waals surface area contributed by atoms with Crippen LogP contribution in [0.25, 0.3) is 0 Å². The molecule has 0 heterocycles. The molecule has 0 radical (unpaired) electrons. The van der Waals surface area contributed by atoms with Gasteiger partial charge in [0.1, 0.15) is 5.75 Å². The Labute approximate surface area is 107 Å². The monoisotopic (exact) mass is 243 g/mol. The Kier molecular flexibility index (Phi) is 4.18. The predicted molar refractivity (Wildman–Crippen MR) is 71.0 cm³/mol. The predicted octanol–water partition coefficient (Wildman–Crippen LogP) is 2.67. The summed E-state index contributed by atoms with van der Waals surface area (Å²) in [7, 11) is 0. The molecule has 0 saturated carbocycles. The van der Waals surface area contributed by atoms with Crippen molar-refractivity contribution < 1.29 is 9.90 Å². The first kappa shape index (κ1) is 12.4. The molecule has 18 heavy (non-hydrogen) atoms. The van der Waals surface area contributed by atoms with Crippen LogP contribution in [-0.4, -0.2) is 11.0 Å². The summed E-state index contributed by atoms with van der Waals surface area (Å²) in [4.78, 5) is 11.7. The Morgan fingerprint density at radius 1 is 1.22 bits per heavy atom. The fourth-order valence-electron chi connectivity index (χ4n) is 1.85. The van der Waals surface area contributed by atoms with Crippen molar-refractivity contribution in [1.82, 2.24) is 5.32 Å². The molecule has 1 aliphatic carbocycles. The van der Waals surface area contributed by atoms with Gasteiger partial charge in [-0.1, -0.05) is 24.3 Å². The lowest BCUT2D eigenvalue weighted by molar-refractivity contribution is -0.120. The van der Waals surface area contributed by atoms with Crippen molar-refractivity contribution in [1.29, 1.82) is 0 Å². The highest BCUT2D eigenvalue weighted by Gasteiger charge is 2.05. The molecule has 0 spiro atoms. The number of rotatable bonds is 4. The summed E-state index contributed by atoms with van der Waals surface area (Å²) >= 11 is 0. The highest BCUT2D eigenvalue weighted by molar-refractivity contribution is 5.78. The third kappa shape index (κ3) is 3.77. The Balaban J connectivity index is 1.79. The number of carbonyl (C=O) groups is 1. The zero-order valence-electron chi connectivity index (χ0n) is 10.2. The standard InChI is InChI=1S/C15H17NO2/c17-14-9-6-12(7-10-14)8-11-15(18)16-13-4-2-1-3-5-13/h2,4-7,9-10,17H,1,3,8,11H2,(H,16,18). The van der Waals surface area contributed by atoms with Gasteiger partial charge in [-0.3, -0.25) is 4.79 Å². The van der Waals surface area contributed by atoms with Crippen molar-refractivity contribution >= 4 is 5.91 Å². The van der Waals surface area contributed by atoms with Crippen LogP contribution in [0.15, 0.2) is 48.2 Å². The summed E-state index contributed by atoms with van der Waals surface area (Å²) in [6, 6.07) is 6.95. The van der Waals surface area contributed by atoms with Gasteiger partial charge < -0.3 is 10.4 Å². The molecule has 1 aromatic rings. The van der Waals surface area contributed by atoms with E-state index in [1.165, 1.54) is 0 Å². The van der Waals surface area contributed by atoms with Crippen LogP contribution < -0.4 is 5.32 Å². The van der Waals surface area contributed by atoms with Gasteiger partial charge in [0.2, 0.25) is 5.91 Å². The lowest BCUT2D eigenvalue weighted by Gasteiger charge is -2.09. The number of benzene rings is 1. The third-order valence-electron chi connectivity index (χ3n) is 2.86. The molecule has 0 bridgehead atoms. The SMILES string of the molecule is O=C(CCc1ccc(O)cc1)NC1=CCCC=C1. The van der Waals surface area contributed by atoms with Crippen LogP contribution in [0.1, 0.15) is 24.8 Å². The molecular formula is C15H17NO2. The van der Waals surface area contributed by atoms with Gasteiger partial charge in [0.05, 0.1) is 0 Å². The number of nitrogens with one attached hydrogen (secondary N) is 1. The molecule has 1 amide bonds. The second kappa shape index (κ2) is 6.05. The smallest absolute Gasteiger partial charge is 0.224 e. The number of hydrogen-bond donors (Lipinski definition) is 2. The van der Waals surface area contributed by atoms with E-state index in [-0.39, 0.29) is 11.7 Å². The summed E-state index contributed by atoms with van der Waals surface area (Å²) in [5, 5.41) is 12.0. The summed E-state index contributed by atoms with van der Waals surface area (Å²) in [5.74, 6) is 0.279. The number of amides is 1. The highest BCUT2D eigenvalue weighted by Crippen LogP contribution is 2.11. The molecule has 0 aliphatic heterocycles. The minimum atomic E-state index is 0.0286. The van der Waals surface area contributed by atoms with E-state index < -0.39 is 0 Å². The van der Waals surface area contributed by atoms with E-state index in [0.717, 1.165) is 24.1 Å². The number of carbonyl (C=O) groups excluding carboxylic acids is 1. The molecule has 94 valence electrons. The number of hydrogen-bond acceptors (Lipinski definition) is 2. The molecule has 0 saturated heterocycles. The normalized spacial score (nSPS) is 14.1. The molecule has 3 nitrogen and oxygen atoms in total. The first-order valence-electron chi connectivity index (χ1n) is 6.18. The van der Waals surface area contributed by atoms with Gasteiger partial charge in [0, 0.05) is 12.1 Å². The quantitative estimate of drug-likeness (QED) is 0.854. The molecular weight excluding hydrogens is 226 g/mol. The van der Waals surface area contributed by atoms with E-state index in [2.05, 4.69) is 11.4 Å². The number of allylic oxidation sites excluding steroid dienone is 3. The molecule has 1 aliphatic rings. The van der Waals surface area contributed by atoms with E-state index in [4.69, 9.17) is 5.11 Å². The van der Waals surface area contributed by atoms with Crippen molar-refractivity contribution in [3.63, 3.8) is 0 Å². The van der Waals surface area contributed by atoms with E-state index >= 15 is 0 Å². The van der Waals surface area contributed by atoms with Crippen molar-refractivity contribution in [3.8, 4) is 5.75 Å². The highest BCUT2D eigenvalue weighted by atomic mass is 16.3. The van der Waals surface area contributed by atoms with Crippen LogP contribution >= 0.6 is 0 Å². The van der Waals surface area contributed by atoms with Crippen LogP contribution in [0, 0.1) is 0 Å². The Morgan fingerprint density at radius 2 is 2.00 bits per heavy atom. The Morgan fingerprint density at radius 3 is 2.67 bits per heavy atom. The maximum atomic E-state index is 11.7. The molecule has 0 unspecified atom stereocenters. The number of phenolic OH excluding ortho intramolecular Hbond substituents is 1. The zero-order chi connectivity index (χ0) is 12.8. The van der Waals surface area contributed by atoms with Crippen LogP contribution in [0.5, 0.6) is 5.75 Å². The third-order valence-corrected chi connectivity index (χ3v) is 2.86. The van der Waals surface area contributed by atoms with Crippen molar-refractivity contribution in [2.75, 3.05) is 0 Å². The first-order valence-corrected chi connectivity index (χ1v) is 6.18. The minimum absolute atomic E-state index is 0.0286. The molecule has 0 aromatic heterocycles. The largest absolute Gasteiger partial charge is 0.508 e. The molecule has 2 rings (SSSR count). The van der Waals surface area contributed by atoms with E-state index in [9.17, 15) is 4.79 Å². The van der Waals surface area contributed by atoms with Crippen LogP contribution in [0.2, 0.25) is 0 Å². The van der Waals surface area contributed by atoms with E-state index in [1.54, 1.807) is 12.1 Å². The Bertz CT molecular complexity index is 472. The number of aromatic hydroxyl groups is 1. The molecule has 1 aromatic carbocycles. The summed E-state index contributed by atoms with van der Waals surface area (Å²) in [5.41, 5.74) is 1.95. The molecule has 0 atom stereocenters. The molecule has 2 N–H and O–H groups in total.